The Hall–Kier alpha value is -2.84. The number of carbonyl (C=O) groups is 3. The van der Waals surface area contributed by atoms with Gasteiger partial charge in [-0.2, -0.15) is 0 Å². The molecule has 7 nitrogen and oxygen atoms in total. The van der Waals surface area contributed by atoms with E-state index in [0.717, 1.165) is 60.9 Å². The average molecular weight is 550 g/mol. The number of nitrogens with zero attached hydrogens (tertiary/aromatic N) is 1. The lowest BCUT2D eigenvalue weighted by molar-refractivity contribution is -0.139. The van der Waals surface area contributed by atoms with Crippen LogP contribution in [-0.2, 0) is 20.9 Å². The van der Waals surface area contributed by atoms with Crippen LogP contribution >= 0.6 is 11.8 Å². The standard InChI is InChI=1S/C31H39N3O4S/c1-20-11-10-12-21(2)26(20)33-29(37)27-31-16-15-23(39-31)24(28(36)32-19-22-13-6-5-7-14-22)25(31)30(38)34(27)17-8-3-4-9-18-35/h5-7,10-14,23-25,27,35H,3-4,8-9,15-19H2,1-2H3,(H,32,36)(H,33,37)/t23-,24+,25+,27?,31?/m1/s1. The first-order valence-electron chi connectivity index (χ1n) is 14.2. The van der Waals surface area contributed by atoms with Gasteiger partial charge in [0.15, 0.2) is 0 Å². The molecular formula is C31H39N3O4S. The van der Waals surface area contributed by atoms with Crippen molar-refractivity contribution < 1.29 is 19.5 Å². The highest BCUT2D eigenvalue weighted by atomic mass is 32.2. The maximum Gasteiger partial charge on any atom is 0.248 e. The van der Waals surface area contributed by atoms with E-state index in [9.17, 15) is 14.4 Å². The van der Waals surface area contributed by atoms with Crippen molar-refractivity contribution in [2.24, 2.45) is 11.8 Å². The molecule has 2 aromatic carbocycles. The van der Waals surface area contributed by atoms with Crippen molar-refractivity contribution in [1.82, 2.24) is 10.2 Å². The normalized spacial score (nSPS) is 27.1. The van der Waals surface area contributed by atoms with Crippen molar-refractivity contribution >= 4 is 35.2 Å². The molecule has 3 aliphatic rings. The number of likely N-dealkylation sites (tertiary alicyclic amines) is 1. The first-order valence-corrected chi connectivity index (χ1v) is 15.0. The number of aryl methyl sites for hydroxylation is 2. The summed E-state index contributed by atoms with van der Waals surface area (Å²) < 4.78 is -0.595. The van der Waals surface area contributed by atoms with E-state index in [0.29, 0.717) is 13.1 Å². The highest BCUT2D eigenvalue weighted by molar-refractivity contribution is 8.02. The molecule has 0 aliphatic carbocycles. The monoisotopic (exact) mass is 549 g/mol. The molecule has 1 spiro atoms. The van der Waals surface area contributed by atoms with Gasteiger partial charge in [0.2, 0.25) is 17.7 Å². The van der Waals surface area contributed by atoms with E-state index in [1.807, 2.05) is 62.4 Å². The summed E-state index contributed by atoms with van der Waals surface area (Å²) in [7, 11) is 0. The predicted octanol–water partition coefficient (Wildman–Crippen LogP) is 4.20. The number of thioether (sulfide) groups is 1. The van der Waals surface area contributed by atoms with Gasteiger partial charge in [0.1, 0.15) is 6.04 Å². The minimum Gasteiger partial charge on any atom is -0.396 e. The average Bonchev–Trinajstić information content (AvgIpc) is 3.57. The van der Waals surface area contributed by atoms with Crippen LogP contribution in [0.3, 0.4) is 0 Å². The van der Waals surface area contributed by atoms with Crippen molar-refractivity contribution in [3.05, 3.63) is 65.2 Å². The summed E-state index contributed by atoms with van der Waals surface area (Å²) in [5, 5.41) is 15.4. The van der Waals surface area contributed by atoms with Gasteiger partial charge in [-0.05, 0) is 56.2 Å². The minimum absolute atomic E-state index is 0.0388. The van der Waals surface area contributed by atoms with Gasteiger partial charge in [0, 0.05) is 30.6 Å². The molecule has 0 saturated carbocycles. The number of unbranched alkanes of at least 4 members (excludes halogenated alkanes) is 3. The highest BCUT2D eigenvalue weighted by Gasteiger charge is 2.73. The van der Waals surface area contributed by atoms with Gasteiger partial charge in [-0.1, -0.05) is 61.4 Å². The third-order valence-electron chi connectivity index (χ3n) is 8.70. The molecule has 3 N–H and O–H groups in total. The first kappa shape index (κ1) is 27.7. The number of hydrogen-bond donors (Lipinski definition) is 3. The van der Waals surface area contributed by atoms with Crippen LogP contribution in [0.1, 0.15) is 55.2 Å². The quantitative estimate of drug-likeness (QED) is 0.365. The Morgan fingerprint density at radius 1 is 1.00 bits per heavy atom. The van der Waals surface area contributed by atoms with Crippen molar-refractivity contribution in [2.75, 3.05) is 18.5 Å². The number of benzene rings is 2. The smallest absolute Gasteiger partial charge is 0.248 e. The second-order valence-electron chi connectivity index (χ2n) is 11.2. The van der Waals surface area contributed by atoms with Crippen LogP contribution < -0.4 is 10.6 Å². The molecule has 2 unspecified atom stereocenters. The van der Waals surface area contributed by atoms with E-state index in [1.54, 1.807) is 16.7 Å². The Kier molecular flexibility index (Phi) is 8.33. The molecule has 3 amide bonds. The van der Waals surface area contributed by atoms with Gasteiger partial charge in [-0.25, -0.2) is 0 Å². The Morgan fingerprint density at radius 3 is 2.44 bits per heavy atom. The van der Waals surface area contributed by atoms with Crippen LogP contribution in [0.15, 0.2) is 48.5 Å². The van der Waals surface area contributed by atoms with Crippen molar-refractivity contribution in [3.63, 3.8) is 0 Å². The van der Waals surface area contributed by atoms with Crippen LogP contribution in [0.4, 0.5) is 5.69 Å². The number of carbonyl (C=O) groups excluding carboxylic acids is 3. The Morgan fingerprint density at radius 2 is 1.72 bits per heavy atom. The summed E-state index contributed by atoms with van der Waals surface area (Å²) in [6.45, 7) is 5.02. The molecule has 5 rings (SSSR count). The molecule has 3 aliphatic heterocycles. The Balaban J connectivity index is 1.40. The zero-order valence-electron chi connectivity index (χ0n) is 22.8. The minimum atomic E-state index is -0.617. The fourth-order valence-electron chi connectivity index (χ4n) is 6.85. The van der Waals surface area contributed by atoms with Crippen LogP contribution in [0.2, 0.25) is 0 Å². The van der Waals surface area contributed by atoms with E-state index < -0.39 is 22.6 Å². The SMILES string of the molecule is Cc1cccc(C)c1NC(=O)C1N(CCCCCCO)C(=O)[C@@H]2[C@@H](C(=O)NCc3ccccc3)[C@H]3CCC12S3. The molecule has 208 valence electrons. The zero-order chi connectivity index (χ0) is 27.6. The third-order valence-corrected chi connectivity index (χ3v) is 10.6. The van der Waals surface area contributed by atoms with Gasteiger partial charge in [-0.3, -0.25) is 14.4 Å². The summed E-state index contributed by atoms with van der Waals surface area (Å²) in [6.07, 6.45) is 4.85. The van der Waals surface area contributed by atoms with Gasteiger partial charge < -0.3 is 20.6 Å². The van der Waals surface area contributed by atoms with Crippen molar-refractivity contribution in [1.29, 1.82) is 0 Å². The fraction of sp³-hybridized carbons (Fsp3) is 0.516. The molecule has 5 atom stereocenters. The molecule has 3 heterocycles. The maximum absolute atomic E-state index is 14.1. The van der Waals surface area contributed by atoms with Crippen molar-refractivity contribution in [3.8, 4) is 0 Å². The second-order valence-corrected chi connectivity index (χ2v) is 12.8. The number of aliphatic hydroxyl groups is 1. The lowest BCUT2D eigenvalue weighted by Crippen LogP contribution is -2.52. The molecule has 3 saturated heterocycles. The van der Waals surface area contributed by atoms with E-state index >= 15 is 0 Å². The summed E-state index contributed by atoms with van der Waals surface area (Å²) in [5.74, 6) is -1.24. The van der Waals surface area contributed by atoms with Crippen LogP contribution in [-0.4, -0.2) is 56.9 Å². The molecule has 2 bridgehead atoms. The van der Waals surface area contributed by atoms with Crippen LogP contribution in [0.5, 0.6) is 0 Å². The number of para-hydroxylation sites is 1. The lowest BCUT2D eigenvalue weighted by atomic mass is 9.70. The summed E-state index contributed by atoms with van der Waals surface area (Å²) >= 11 is 1.70. The molecule has 0 radical (unpaired) electrons. The molecular weight excluding hydrogens is 510 g/mol. The highest BCUT2D eigenvalue weighted by Crippen LogP contribution is 2.66. The van der Waals surface area contributed by atoms with Gasteiger partial charge in [0.05, 0.1) is 16.6 Å². The van der Waals surface area contributed by atoms with E-state index in [1.165, 1.54) is 0 Å². The maximum atomic E-state index is 14.1. The Bertz CT molecular complexity index is 1200. The summed E-state index contributed by atoms with van der Waals surface area (Å²) in [6, 6.07) is 15.1. The molecule has 39 heavy (non-hydrogen) atoms. The molecule has 8 heteroatoms. The second kappa shape index (κ2) is 11.7. The third kappa shape index (κ3) is 5.21. The number of hydrogen-bond acceptors (Lipinski definition) is 5. The molecule has 2 aromatic rings. The van der Waals surface area contributed by atoms with Gasteiger partial charge in [0.25, 0.3) is 0 Å². The summed E-state index contributed by atoms with van der Waals surface area (Å²) in [5.41, 5.74) is 3.79. The van der Waals surface area contributed by atoms with Crippen LogP contribution in [0, 0.1) is 25.7 Å². The van der Waals surface area contributed by atoms with Gasteiger partial charge in [-0.15, -0.1) is 11.8 Å². The number of aliphatic hydroxyl groups excluding tert-OH is 1. The van der Waals surface area contributed by atoms with E-state index in [-0.39, 0.29) is 29.6 Å². The number of nitrogens with one attached hydrogen (secondary N) is 2. The number of fused-ring (bicyclic) bond motifs is 1. The number of anilines is 1. The zero-order valence-corrected chi connectivity index (χ0v) is 23.6. The summed E-state index contributed by atoms with van der Waals surface area (Å²) in [4.78, 5) is 43.5. The topological polar surface area (TPSA) is 98.7 Å². The van der Waals surface area contributed by atoms with Crippen LogP contribution in [0.25, 0.3) is 0 Å². The van der Waals surface area contributed by atoms with E-state index in [2.05, 4.69) is 10.6 Å². The lowest BCUT2D eigenvalue weighted by Gasteiger charge is -2.34. The van der Waals surface area contributed by atoms with E-state index in [4.69, 9.17) is 5.11 Å². The largest absolute Gasteiger partial charge is 0.396 e. The number of amides is 3. The fourth-order valence-corrected chi connectivity index (χ4v) is 9.07. The molecule has 0 aromatic heterocycles. The predicted molar refractivity (Wildman–Crippen MR) is 154 cm³/mol. The van der Waals surface area contributed by atoms with Gasteiger partial charge >= 0.3 is 0 Å². The first-order chi connectivity index (χ1) is 18.9. The Labute approximate surface area is 235 Å². The number of rotatable bonds is 11. The molecule has 3 fully saturated rings. The van der Waals surface area contributed by atoms with Crippen molar-refractivity contribution in [2.45, 2.75) is 75.0 Å².